The van der Waals surface area contributed by atoms with Gasteiger partial charge >= 0.3 is 0 Å². The molecule has 1 amide bonds. The van der Waals surface area contributed by atoms with Crippen molar-refractivity contribution in [3.05, 3.63) is 75.1 Å². The minimum atomic E-state index is -1.29. The monoisotopic (exact) mass is 395 g/mol. The maximum Gasteiger partial charge on any atom is 0.243 e. The maximum atomic E-state index is 13.7. The van der Waals surface area contributed by atoms with E-state index in [0.29, 0.717) is 26.0 Å². The number of carbonyl (C=O) groups excluding carboxylic acids is 2. The highest BCUT2D eigenvalue weighted by Crippen LogP contribution is 2.49. The van der Waals surface area contributed by atoms with Gasteiger partial charge in [-0.3, -0.25) is 9.59 Å². The van der Waals surface area contributed by atoms with Gasteiger partial charge in [0.1, 0.15) is 14.8 Å². The van der Waals surface area contributed by atoms with Crippen molar-refractivity contribution in [1.82, 2.24) is 0 Å². The molecule has 1 aromatic heterocycles. The van der Waals surface area contributed by atoms with Crippen molar-refractivity contribution in [1.29, 1.82) is 0 Å². The number of rotatable bonds is 2. The third kappa shape index (κ3) is 2.63. The number of anilines is 1. The Labute approximate surface area is 167 Å². The first kappa shape index (κ1) is 18.0. The van der Waals surface area contributed by atoms with E-state index in [1.165, 1.54) is 11.3 Å². The molecular weight excluding hydrogens is 378 g/mol. The summed E-state index contributed by atoms with van der Waals surface area (Å²) in [5.41, 5.74) is 3.55. The lowest BCUT2D eigenvalue weighted by molar-refractivity contribution is -0.119. The lowest BCUT2D eigenvalue weighted by Gasteiger charge is -2.32. The number of carbonyl (C=O) groups is 2. The summed E-state index contributed by atoms with van der Waals surface area (Å²) in [4.78, 5) is 26.6. The minimum absolute atomic E-state index is 0.215. The van der Waals surface area contributed by atoms with Gasteiger partial charge in [0.15, 0.2) is 5.78 Å². The lowest BCUT2D eigenvalue weighted by atomic mass is 9.72. The second-order valence-electron chi connectivity index (χ2n) is 7.05. The molecule has 3 nitrogen and oxygen atoms in total. The van der Waals surface area contributed by atoms with Gasteiger partial charge in [-0.2, -0.15) is 0 Å². The third-order valence-corrected chi connectivity index (χ3v) is 6.55. The van der Waals surface area contributed by atoms with Crippen LogP contribution in [0, 0.1) is 13.8 Å². The van der Waals surface area contributed by atoms with Crippen LogP contribution >= 0.6 is 22.9 Å². The average molecular weight is 396 g/mol. The molecule has 1 N–H and O–H groups in total. The number of thiophene rings is 1. The molecule has 1 aliphatic rings. The molecule has 0 aliphatic carbocycles. The van der Waals surface area contributed by atoms with Crippen LogP contribution < -0.4 is 5.32 Å². The fourth-order valence-electron chi connectivity index (χ4n) is 3.60. The number of benzene rings is 2. The van der Waals surface area contributed by atoms with E-state index in [2.05, 4.69) is 5.32 Å². The molecule has 0 saturated carbocycles. The summed E-state index contributed by atoms with van der Waals surface area (Å²) in [5, 5.41) is 3.45. The van der Waals surface area contributed by atoms with E-state index in [1.54, 1.807) is 6.92 Å². The minimum Gasteiger partial charge on any atom is -0.316 e. The normalized spacial score (nSPS) is 19.0. The zero-order chi connectivity index (χ0) is 19.3. The molecule has 5 heteroatoms. The summed E-state index contributed by atoms with van der Waals surface area (Å²) in [6.07, 6.45) is 0. The third-order valence-electron chi connectivity index (χ3n) is 5.24. The van der Waals surface area contributed by atoms with Crippen LogP contribution in [0.4, 0.5) is 5.00 Å². The van der Waals surface area contributed by atoms with Crippen molar-refractivity contribution in [2.75, 3.05) is 5.32 Å². The Hall–Kier alpha value is -2.43. The van der Waals surface area contributed by atoms with E-state index in [-0.39, 0.29) is 11.7 Å². The fraction of sp³-hybridized carbons (Fsp3) is 0.182. The molecule has 0 fully saturated rings. The summed E-state index contributed by atoms with van der Waals surface area (Å²) < 4.78 is 0.511. The van der Waals surface area contributed by atoms with Crippen molar-refractivity contribution >= 4 is 39.6 Å². The Morgan fingerprint density at radius 2 is 1.74 bits per heavy atom. The van der Waals surface area contributed by atoms with Crippen LogP contribution in [0.5, 0.6) is 0 Å². The number of hydrogen-bond acceptors (Lipinski definition) is 3. The zero-order valence-corrected chi connectivity index (χ0v) is 16.8. The highest BCUT2D eigenvalue weighted by atomic mass is 35.5. The van der Waals surface area contributed by atoms with Gasteiger partial charge in [-0.15, -0.1) is 11.3 Å². The summed E-state index contributed by atoms with van der Waals surface area (Å²) in [6.45, 7) is 5.63. The van der Waals surface area contributed by atoms with E-state index >= 15 is 0 Å². The predicted octanol–water partition coefficient (Wildman–Crippen LogP) is 5.78. The summed E-state index contributed by atoms with van der Waals surface area (Å²) in [7, 11) is 0. The lowest BCUT2D eigenvalue weighted by Crippen LogP contribution is -2.48. The Balaban J connectivity index is 1.96. The zero-order valence-electron chi connectivity index (χ0n) is 15.2. The molecule has 0 bridgehead atoms. The fourth-order valence-corrected chi connectivity index (χ4v) is 4.96. The van der Waals surface area contributed by atoms with Crippen molar-refractivity contribution in [2.45, 2.75) is 26.2 Å². The van der Waals surface area contributed by atoms with Crippen LogP contribution in [0.25, 0.3) is 11.1 Å². The number of nitrogens with one attached hydrogen (secondary N) is 1. The second-order valence-corrected chi connectivity index (χ2v) is 8.67. The van der Waals surface area contributed by atoms with Crippen LogP contribution in [0.3, 0.4) is 0 Å². The maximum absolute atomic E-state index is 13.7. The first-order valence-corrected chi connectivity index (χ1v) is 9.85. The van der Waals surface area contributed by atoms with Crippen LogP contribution in [-0.2, 0) is 10.2 Å². The predicted molar refractivity (Wildman–Crippen MR) is 111 cm³/mol. The Bertz CT molecular complexity index is 1100. The number of Topliss-reactive ketones (excluding diaryl/α,β-unsaturated/α-hetero) is 1. The SMILES string of the molecule is Cc1cccc(C2(C)C(=O)Nc3sc(Cl)c(-c4ccccc4C)c3C2=O)c1. The number of aryl methyl sites for hydroxylation is 2. The van der Waals surface area contributed by atoms with Crippen molar-refractivity contribution in [3.63, 3.8) is 0 Å². The largest absolute Gasteiger partial charge is 0.316 e. The molecule has 1 aliphatic heterocycles. The summed E-state index contributed by atoms with van der Waals surface area (Å²) >= 11 is 7.77. The average Bonchev–Trinajstić information content (AvgIpc) is 2.96. The summed E-state index contributed by atoms with van der Waals surface area (Å²) in [6, 6.07) is 15.4. The highest BCUT2D eigenvalue weighted by Gasteiger charge is 2.49. The molecule has 27 heavy (non-hydrogen) atoms. The number of amides is 1. The Morgan fingerprint density at radius 1 is 1.00 bits per heavy atom. The molecule has 4 rings (SSSR count). The molecule has 1 unspecified atom stereocenters. The van der Waals surface area contributed by atoms with Gasteiger partial charge in [0, 0.05) is 5.56 Å². The van der Waals surface area contributed by atoms with Gasteiger partial charge in [0.25, 0.3) is 0 Å². The van der Waals surface area contributed by atoms with E-state index < -0.39 is 5.41 Å². The Morgan fingerprint density at radius 3 is 2.44 bits per heavy atom. The van der Waals surface area contributed by atoms with Crippen LogP contribution in [0.15, 0.2) is 48.5 Å². The topological polar surface area (TPSA) is 46.2 Å². The first-order chi connectivity index (χ1) is 12.8. The van der Waals surface area contributed by atoms with Gasteiger partial charge in [0.2, 0.25) is 5.91 Å². The molecule has 0 radical (unpaired) electrons. The molecule has 2 heterocycles. The van der Waals surface area contributed by atoms with Crippen LogP contribution in [-0.4, -0.2) is 11.7 Å². The first-order valence-electron chi connectivity index (χ1n) is 8.65. The van der Waals surface area contributed by atoms with E-state index in [1.807, 2.05) is 62.4 Å². The molecule has 3 aromatic rings. The number of fused-ring (bicyclic) bond motifs is 1. The van der Waals surface area contributed by atoms with Gasteiger partial charge in [-0.25, -0.2) is 0 Å². The second kappa shape index (κ2) is 6.32. The highest BCUT2D eigenvalue weighted by molar-refractivity contribution is 7.21. The van der Waals surface area contributed by atoms with Gasteiger partial charge < -0.3 is 5.32 Å². The molecule has 1 atom stereocenters. The number of hydrogen-bond donors (Lipinski definition) is 1. The number of ketones is 1. The van der Waals surface area contributed by atoms with E-state index in [0.717, 1.165) is 16.7 Å². The van der Waals surface area contributed by atoms with Crippen molar-refractivity contribution in [2.24, 2.45) is 0 Å². The smallest absolute Gasteiger partial charge is 0.243 e. The van der Waals surface area contributed by atoms with Gasteiger partial charge in [-0.05, 0) is 37.5 Å². The van der Waals surface area contributed by atoms with Gasteiger partial charge in [-0.1, -0.05) is 65.7 Å². The van der Waals surface area contributed by atoms with Crippen molar-refractivity contribution < 1.29 is 9.59 Å². The quantitative estimate of drug-likeness (QED) is 0.559. The molecule has 0 spiro atoms. The molecule has 0 saturated heterocycles. The van der Waals surface area contributed by atoms with E-state index in [4.69, 9.17) is 11.6 Å². The molecular formula is C22H18ClNO2S. The number of halogens is 1. The standard InChI is InChI=1S/C22H18ClNO2S/c1-12-7-6-9-14(11-12)22(3)18(25)17-16(15-10-5-4-8-13(15)2)19(23)27-20(17)24-21(22)26/h4-11H,1-3H3,(H,24,26). The summed E-state index contributed by atoms with van der Waals surface area (Å²) in [5.74, 6) is -0.534. The van der Waals surface area contributed by atoms with Gasteiger partial charge in [0.05, 0.1) is 5.56 Å². The van der Waals surface area contributed by atoms with E-state index in [9.17, 15) is 9.59 Å². The van der Waals surface area contributed by atoms with Crippen LogP contribution in [0.1, 0.15) is 34.0 Å². The molecule has 2 aromatic carbocycles. The molecule has 136 valence electrons. The Kier molecular flexibility index (Phi) is 4.21. The van der Waals surface area contributed by atoms with Crippen LogP contribution in [0.2, 0.25) is 4.34 Å². The van der Waals surface area contributed by atoms with Crippen molar-refractivity contribution in [3.8, 4) is 11.1 Å².